The number of hydrogen-bond donors (Lipinski definition) is 0. The van der Waals surface area contributed by atoms with Crippen LogP contribution in [0.15, 0.2) is 11.5 Å². The van der Waals surface area contributed by atoms with E-state index >= 15 is 0 Å². The molecule has 136 valence electrons. The van der Waals surface area contributed by atoms with Crippen LogP contribution in [0.3, 0.4) is 0 Å². The summed E-state index contributed by atoms with van der Waals surface area (Å²) in [6.07, 6.45) is 4.88. The first-order valence-electron chi connectivity index (χ1n) is 8.95. The van der Waals surface area contributed by atoms with E-state index in [4.69, 9.17) is 14.0 Å². The third kappa shape index (κ3) is 3.69. The minimum atomic E-state index is -0.602. The third-order valence-electron chi connectivity index (χ3n) is 5.70. The Morgan fingerprint density at radius 2 is 1.92 bits per heavy atom. The van der Waals surface area contributed by atoms with Gasteiger partial charge in [-0.1, -0.05) is 6.08 Å². The molecule has 0 aromatic heterocycles. The molecule has 4 nitrogen and oxygen atoms in total. The first kappa shape index (κ1) is 19.4. The number of allylic oxidation sites excluding steroid dienone is 2. The standard InChI is InChI=1S/C18H30BFO4/c1-6-22-15(21)18(10-7-13-20)11-8-14(9-12-18)19-23-16(2,3)17(4,5)24-19/h8H,6-7,9-13H2,1-5H3. The van der Waals surface area contributed by atoms with E-state index in [0.717, 1.165) is 5.47 Å². The van der Waals surface area contributed by atoms with Crippen LogP contribution < -0.4 is 0 Å². The fourth-order valence-electron chi connectivity index (χ4n) is 3.33. The van der Waals surface area contributed by atoms with Gasteiger partial charge in [0, 0.05) is 0 Å². The molecule has 1 fully saturated rings. The molecular formula is C18H30BFO4. The van der Waals surface area contributed by atoms with Crippen LogP contribution in [-0.2, 0) is 18.8 Å². The van der Waals surface area contributed by atoms with Gasteiger partial charge in [0.15, 0.2) is 0 Å². The smallest absolute Gasteiger partial charge is 0.466 e. The molecule has 1 aliphatic heterocycles. The Hall–Kier alpha value is -0.875. The highest BCUT2D eigenvalue weighted by Crippen LogP contribution is 2.45. The highest BCUT2D eigenvalue weighted by Gasteiger charge is 2.53. The topological polar surface area (TPSA) is 44.8 Å². The maximum Gasteiger partial charge on any atom is 0.490 e. The Labute approximate surface area is 145 Å². The fraction of sp³-hybridized carbons (Fsp3) is 0.833. The molecule has 0 aromatic carbocycles. The van der Waals surface area contributed by atoms with Gasteiger partial charge in [-0.3, -0.25) is 9.18 Å². The van der Waals surface area contributed by atoms with Crippen LogP contribution in [0.2, 0.25) is 0 Å². The van der Waals surface area contributed by atoms with Crippen LogP contribution in [0, 0.1) is 5.41 Å². The van der Waals surface area contributed by atoms with E-state index in [9.17, 15) is 9.18 Å². The average Bonchev–Trinajstić information content (AvgIpc) is 2.74. The van der Waals surface area contributed by atoms with Crippen molar-refractivity contribution in [3.05, 3.63) is 11.5 Å². The number of hydrogen-bond acceptors (Lipinski definition) is 4. The van der Waals surface area contributed by atoms with Crippen molar-refractivity contribution in [1.29, 1.82) is 0 Å². The van der Waals surface area contributed by atoms with Crippen LogP contribution >= 0.6 is 0 Å². The van der Waals surface area contributed by atoms with Gasteiger partial charge in [-0.05, 0) is 72.2 Å². The molecular weight excluding hydrogens is 310 g/mol. The lowest BCUT2D eigenvalue weighted by Crippen LogP contribution is -2.41. The van der Waals surface area contributed by atoms with E-state index in [0.29, 0.717) is 38.7 Å². The summed E-state index contributed by atoms with van der Waals surface area (Å²) in [6.45, 7) is 9.86. The van der Waals surface area contributed by atoms with Gasteiger partial charge >= 0.3 is 13.1 Å². The quantitative estimate of drug-likeness (QED) is 0.541. The summed E-state index contributed by atoms with van der Waals surface area (Å²) in [7, 11) is -0.364. The summed E-state index contributed by atoms with van der Waals surface area (Å²) in [6, 6.07) is 0. The molecule has 0 spiro atoms. The van der Waals surface area contributed by atoms with Gasteiger partial charge in [0.05, 0.1) is 29.9 Å². The molecule has 1 aliphatic carbocycles. The highest BCUT2D eigenvalue weighted by atomic mass is 19.1. The monoisotopic (exact) mass is 340 g/mol. The zero-order valence-electron chi connectivity index (χ0n) is 15.6. The molecule has 0 aromatic rings. The largest absolute Gasteiger partial charge is 0.490 e. The Morgan fingerprint density at radius 3 is 2.38 bits per heavy atom. The second-order valence-electron chi connectivity index (χ2n) is 7.86. The number of ether oxygens (including phenoxy) is 1. The van der Waals surface area contributed by atoms with Crippen molar-refractivity contribution in [3.63, 3.8) is 0 Å². The molecule has 2 rings (SSSR count). The molecule has 2 aliphatic rings. The van der Waals surface area contributed by atoms with Crippen LogP contribution in [-0.4, -0.2) is 37.6 Å². The molecule has 0 saturated carbocycles. The lowest BCUT2D eigenvalue weighted by Gasteiger charge is -2.34. The van der Waals surface area contributed by atoms with Crippen LogP contribution in [0.1, 0.15) is 66.7 Å². The zero-order valence-corrected chi connectivity index (χ0v) is 15.6. The summed E-state index contributed by atoms with van der Waals surface area (Å²) in [4.78, 5) is 12.4. The van der Waals surface area contributed by atoms with Gasteiger partial charge in [0.1, 0.15) is 0 Å². The first-order chi connectivity index (χ1) is 11.2. The van der Waals surface area contributed by atoms with Crippen molar-refractivity contribution >= 4 is 13.1 Å². The van der Waals surface area contributed by atoms with Crippen molar-refractivity contribution in [3.8, 4) is 0 Å². The molecule has 1 heterocycles. The Morgan fingerprint density at radius 1 is 1.29 bits per heavy atom. The second kappa shape index (κ2) is 7.16. The number of carbonyl (C=O) groups excluding carboxylic acids is 1. The summed E-state index contributed by atoms with van der Waals surface area (Å²) in [5, 5.41) is 0. The van der Waals surface area contributed by atoms with Crippen molar-refractivity contribution < 1.29 is 23.2 Å². The summed E-state index contributed by atoms with van der Waals surface area (Å²) in [5.74, 6) is -0.206. The molecule has 1 unspecified atom stereocenters. The molecule has 0 radical (unpaired) electrons. The molecule has 6 heteroatoms. The molecule has 1 saturated heterocycles. The number of carbonyl (C=O) groups is 1. The van der Waals surface area contributed by atoms with Gasteiger partial charge in [-0.2, -0.15) is 0 Å². The van der Waals surface area contributed by atoms with E-state index < -0.39 is 12.1 Å². The predicted octanol–water partition coefficient (Wildman–Crippen LogP) is 4.03. The lowest BCUT2D eigenvalue weighted by molar-refractivity contribution is -0.156. The predicted molar refractivity (Wildman–Crippen MR) is 92.3 cm³/mol. The molecule has 0 N–H and O–H groups in total. The minimum Gasteiger partial charge on any atom is -0.466 e. The maximum absolute atomic E-state index is 12.7. The lowest BCUT2D eigenvalue weighted by atomic mass is 9.64. The Kier molecular flexibility index (Phi) is 5.81. The normalized spacial score (nSPS) is 28.6. The average molecular weight is 340 g/mol. The number of rotatable bonds is 6. The van der Waals surface area contributed by atoms with Gasteiger partial charge < -0.3 is 14.0 Å². The van der Waals surface area contributed by atoms with Crippen molar-refractivity contribution in [2.75, 3.05) is 13.3 Å². The summed E-state index contributed by atoms with van der Waals surface area (Å²) >= 11 is 0. The second-order valence-corrected chi connectivity index (χ2v) is 7.86. The SMILES string of the molecule is CCOC(=O)C1(CCCF)CC=C(B2OC(C)(C)C(C)(C)O2)CC1. The van der Waals surface area contributed by atoms with Gasteiger partial charge in [0.25, 0.3) is 0 Å². The van der Waals surface area contributed by atoms with Crippen molar-refractivity contribution in [2.24, 2.45) is 5.41 Å². The maximum atomic E-state index is 12.7. The zero-order chi connectivity index (χ0) is 18.0. The highest BCUT2D eigenvalue weighted by molar-refractivity contribution is 6.54. The Balaban J connectivity index is 2.12. The van der Waals surface area contributed by atoms with Gasteiger partial charge in [-0.25, -0.2) is 0 Å². The number of esters is 1. The minimum absolute atomic E-state index is 0.206. The van der Waals surface area contributed by atoms with Crippen molar-refractivity contribution in [1.82, 2.24) is 0 Å². The van der Waals surface area contributed by atoms with Gasteiger partial charge in [0.2, 0.25) is 0 Å². The van der Waals surface area contributed by atoms with E-state index in [2.05, 4.69) is 0 Å². The van der Waals surface area contributed by atoms with E-state index in [1.807, 2.05) is 33.8 Å². The molecule has 0 amide bonds. The Bertz CT molecular complexity index is 487. The van der Waals surface area contributed by atoms with E-state index in [1.54, 1.807) is 6.92 Å². The van der Waals surface area contributed by atoms with Crippen LogP contribution in [0.5, 0.6) is 0 Å². The molecule has 24 heavy (non-hydrogen) atoms. The number of halogens is 1. The first-order valence-corrected chi connectivity index (χ1v) is 8.95. The fourth-order valence-corrected chi connectivity index (χ4v) is 3.33. The van der Waals surface area contributed by atoms with Gasteiger partial charge in [-0.15, -0.1) is 0 Å². The molecule has 0 bridgehead atoms. The summed E-state index contributed by atoms with van der Waals surface area (Å²) in [5.41, 5.74) is -0.270. The van der Waals surface area contributed by atoms with Crippen LogP contribution in [0.4, 0.5) is 4.39 Å². The van der Waals surface area contributed by atoms with Crippen LogP contribution in [0.25, 0.3) is 0 Å². The number of alkyl halides is 1. The van der Waals surface area contributed by atoms with E-state index in [-0.39, 0.29) is 24.3 Å². The molecule has 1 atom stereocenters. The third-order valence-corrected chi connectivity index (χ3v) is 5.70. The van der Waals surface area contributed by atoms with Crippen molar-refractivity contribution in [2.45, 2.75) is 77.9 Å². The summed E-state index contributed by atoms with van der Waals surface area (Å²) < 4.78 is 30.1. The van der Waals surface area contributed by atoms with E-state index in [1.165, 1.54) is 0 Å².